The number of rotatable bonds is 9. The molecule has 8 heteroatoms. The minimum absolute atomic E-state index is 0.125. The van der Waals surface area contributed by atoms with Gasteiger partial charge >= 0.3 is 0 Å². The van der Waals surface area contributed by atoms with Crippen LogP contribution in [0.4, 0.5) is 4.39 Å². The maximum atomic E-state index is 14.6. The van der Waals surface area contributed by atoms with Gasteiger partial charge in [-0.15, -0.1) is 11.3 Å². The van der Waals surface area contributed by atoms with Crippen LogP contribution in [0.5, 0.6) is 11.5 Å². The number of halogens is 2. The fraction of sp³-hybridized carbons (Fsp3) is 0.208. The fourth-order valence-corrected chi connectivity index (χ4v) is 4.60. The van der Waals surface area contributed by atoms with E-state index in [1.54, 1.807) is 32.4 Å². The summed E-state index contributed by atoms with van der Waals surface area (Å²) in [6.07, 6.45) is 0. The van der Waals surface area contributed by atoms with Crippen molar-refractivity contribution < 1.29 is 23.3 Å². The second kappa shape index (κ2) is 10.3. The van der Waals surface area contributed by atoms with Crippen LogP contribution in [0.2, 0.25) is 5.15 Å². The van der Waals surface area contributed by atoms with E-state index in [4.69, 9.17) is 30.5 Å². The van der Waals surface area contributed by atoms with E-state index in [0.717, 1.165) is 27.1 Å². The van der Waals surface area contributed by atoms with Crippen LogP contribution in [0.15, 0.2) is 54.6 Å². The van der Waals surface area contributed by atoms with Gasteiger partial charge in [-0.2, -0.15) is 0 Å². The van der Waals surface area contributed by atoms with Gasteiger partial charge in [0.25, 0.3) is 0 Å². The predicted molar refractivity (Wildman–Crippen MR) is 124 cm³/mol. The largest absolute Gasteiger partial charge is 0.497 e. The van der Waals surface area contributed by atoms with E-state index in [0.29, 0.717) is 27.9 Å². The average molecular weight is 474 g/mol. The van der Waals surface area contributed by atoms with Crippen molar-refractivity contribution in [2.75, 3.05) is 21.0 Å². The number of aromatic nitrogens is 1. The zero-order valence-electron chi connectivity index (χ0n) is 17.6. The van der Waals surface area contributed by atoms with Crippen LogP contribution < -0.4 is 9.47 Å². The van der Waals surface area contributed by atoms with Crippen LogP contribution in [-0.4, -0.2) is 26.0 Å². The van der Waals surface area contributed by atoms with E-state index in [1.165, 1.54) is 17.4 Å². The molecule has 0 bridgehead atoms. The average Bonchev–Trinajstić information content (AvgIpc) is 3.18. The van der Waals surface area contributed by atoms with Crippen molar-refractivity contribution in [2.45, 2.75) is 13.2 Å². The molecule has 166 valence electrons. The Morgan fingerprint density at radius 2 is 1.81 bits per heavy atom. The molecule has 4 rings (SSSR count). The maximum Gasteiger partial charge on any atom is 0.146 e. The number of hydrogen-bond acceptors (Lipinski definition) is 6. The van der Waals surface area contributed by atoms with Gasteiger partial charge in [-0.05, 0) is 35.9 Å². The molecule has 0 aliphatic carbocycles. The predicted octanol–water partition coefficient (Wildman–Crippen LogP) is 6.46. The summed E-state index contributed by atoms with van der Waals surface area (Å²) in [6, 6.07) is 16.0. The Kier molecular flexibility index (Phi) is 7.22. The van der Waals surface area contributed by atoms with Gasteiger partial charge in [0.1, 0.15) is 41.6 Å². The van der Waals surface area contributed by atoms with Gasteiger partial charge in [-0.25, -0.2) is 9.37 Å². The monoisotopic (exact) mass is 473 g/mol. The highest BCUT2D eigenvalue weighted by molar-refractivity contribution is 7.19. The van der Waals surface area contributed by atoms with Crippen molar-refractivity contribution >= 4 is 33.0 Å². The number of thiophene rings is 1. The van der Waals surface area contributed by atoms with Crippen molar-refractivity contribution in [3.05, 3.63) is 76.0 Å². The van der Waals surface area contributed by atoms with E-state index < -0.39 is 0 Å². The SMILES string of the molecule is COCOCc1sc2c(F)cccc2c1-c1nc(Cl)ccc1OCc1ccc(OC)cc1. The van der Waals surface area contributed by atoms with Gasteiger partial charge in [0.15, 0.2) is 0 Å². The first kappa shape index (κ1) is 22.5. The van der Waals surface area contributed by atoms with E-state index in [2.05, 4.69) is 4.98 Å². The van der Waals surface area contributed by atoms with Crippen LogP contribution in [0.3, 0.4) is 0 Å². The summed E-state index contributed by atoms with van der Waals surface area (Å²) in [5.41, 5.74) is 2.25. The second-order valence-electron chi connectivity index (χ2n) is 6.89. The molecule has 4 aromatic rings. The second-order valence-corrected chi connectivity index (χ2v) is 8.38. The molecule has 2 aromatic heterocycles. The summed E-state index contributed by atoms with van der Waals surface area (Å²) in [6.45, 7) is 0.695. The summed E-state index contributed by atoms with van der Waals surface area (Å²) in [5.74, 6) is 1.02. The lowest BCUT2D eigenvalue weighted by molar-refractivity contribution is -0.0380. The van der Waals surface area contributed by atoms with E-state index in [9.17, 15) is 4.39 Å². The quantitative estimate of drug-likeness (QED) is 0.158. The molecule has 2 aromatic carbocycles. The molecule has 0 amide bonds. The lowest BCUT2D eigenvalue weighted by Gasteiger charge is -2.13. The molecule has 0 saturated carbocycles. The summed E-state index contributed by atoms with van der Waals surface area (Å²) in [5, 5.41) is 1.05. The summed E-state index contributed by atoms with van der Waals surface area (Å²) >= 11 is 7.56. The Balaban J connectivity index is 1.74. The lowest BCUT2D eigenvalue weighted by atomic mass is 10.1. The Bertz CT molecular complexity index is 1210. The number of methoxy groups -OCH3 is 2. The molecular weight excluding hydrogens is 453 g/mol. The molecule has 0 radical (unpaired) electrons. The molecule has 0 fully saturated rings. The van der Waals surface area contributed by atoms with Gasteiger partial charge in [-0.3, -0.25) is 0 Å². The number of benzene rings is 2. The molecule has 0 atom stereocenters. The van der Waals surface area contributed by atoms with Crippen LogP contribution >= 0.6 is 22.9 Å². The van der Waals surface area contributed by atoms with Crippen LogP contribution in [0.1, 0.15) is 10.4 Å². The highest BCUT2D eigenvalue weighted by Gasteiger charge is 2.21. The zero-order valence-corrected chi connectivity index (χ0v) is 19.1. The first-order valence-corrected chi connectivity index (χ1v) is 11.0. The molecular formula is C24H21ClFNO4S. The topological polar surface area (TPSA) is 49.8 Å². The van der Waals surface area contributed by atoms with Gasteiger partial charge in [0, 0.05) is 22.9 Å². The summed E-state index contributed by atoms with van der Waals surface area (Å²) in [4.78, 5) is 5.35. The molecule has 0 unspecified atom stereocenters. The number of ether oxygens (including phenoxy) is 4. The fourth-order valence-electron chi connectivity index (χ4n) is 3.31. The van der Waals surface area contributed by atoms with Crippen molar-refractivity contribution in [2.24, 2.45) is 0 Å². The third kappa shape index (κ3) is 4.86. The molecule has 32 heavy (non-hydrogen) atoms. The number of nitrogens with zero attached hydrogens (tertiary/aromatic N) is 1. The standard InChI is InChI=1S/C24H21ClFNO4S/c1-28-14-30-13-20-22(17-4-3-5-18(26)24(17)32-20)23-19(10-11-21(25)27-23)31-12-15-6-8-16(29-2)9-7-15/h3-11H,12-14H2,1-2H3. The van der Waals surface area contributed by atoms with E-state index >= 15 is 0 Å². The normalized spacial score (nSPS) is 11.1. The van der Waals surface area contributed by atoms with Gasteiger partial charge < -0.3 is 18.9 Å². The molecule has 0 saturated heterocycles. The molecule has 5 nitrogen and oxygen atoms in total. The lowest BCUT2D eigenvalue weighted by Crippen LogP contribution is -2.01. The van der Waals surface area contributed by atoms with Crippen LogP contribution in [0, 0.1) is 5.82 Å². The number of fused-ring (bicyclic) bond motifs is 1. The summed E-state index contributed by atoms with van der Waals surface area (Å²) in [7, 11) is 3.17. The Morgan fingerprint density at radius 1 is 1.00 bits per heavy atom. The molecule has 2 heterocycles. The zero-order chi connectivity index (χ0) is 22.5. The Labute approximate surface area is 194 Å². The van der Waals surface area contributed by atoms with Gasteiger partial charge in [0.2, 0.25) is 0 Å². The smallest absolute Gasteiger partial charge is 0.146 e. The third-order valence-electron chi connectivity index (χ3n) is 4.79. The minimum Gasteiger partial charge on any atom is -0.497 e. The molecule has 0 aliphatic heterocycles. The minimum atomic E-state index is -0.297. The highest BCUT2D eigenvalue weighted by Crippen LogP contribution is 2.43. The number of hydrogen-bond donors (Lipinski definition) is 0. The van der Waals surface area contributed by atoms with Crippen molar-refractivity contribution in [1.29, 1.82) is 0 Å². The van der Waals surface area contributed by atoms with Crippen LogP contribution in [-0.2, 0) is 22.7 Å². The molecule has 0 N–H and O–H groups in total. The first-order chi connectivity index (χ1) is 15.6. The van der Waals surface area contributed by atoms with Crippen molar-refractivity contribution in [3.63, 3.8) is 0 Å². The highest BCUT2D eigenvalue weighted by atomic mass is 35.5. The first-order valence-electron chi connectivity index (χ1n) is 9.80. The van der Waals surface area contributed by atoms with E-state index in [-0.39, 0.29) is 19.2 Å². The third-order valence-corrected chi connectivity index (χ3v) is 6.19. The van der Waals surface area contributed by atoms with Gasteiger partial charge in [-0.1, -0.05) is 35.9 Å². The van der Waals surface area contributed by atoms with Crippen molar-refractivity contribution in [3.8, 4) is 22.8 Å². The molecule has 0 spiro atoms. The number of pyridine rings is 1. The Morgan fingerprint density at radius 3 is 2.56 bits per heavy atom. The van der Waals surface area contributed by atoms with Gasteiger partial charge in [0.05, 0.1) is 18.4 Å². The van der Waals surface area contributed by atoms with E-state index in [1.807, 2.05) is 30.3 Å². The Hall–Kier alpha value is -2.71. The molecule has 0 aliphatic rings. The van der Waals surface area contributed by atoms with Crippen molar-refractivity contribution in [1.82, 2.24) is 4.98 Å². The summed E-state index contributed by atoms with van der Waals surface area (Å²) < 4.78 is 37.0. The van der Waals surface area contributed by atoms with Crippen LogP contribution in [0.25, 0.3) is 21.3 Å². The maximum absolute atomic E-state index is 14.6.